The van der Waals surface area contributed by atoms with Gasteiger partial charge in [0.25, 0.3) is 0 Å². The summed E-state index contributed by atoms with van der Waals surface area (Å²) >= 11 is 7.57. The molecule has 0 aliphatic carbocycles. The van der Waals surface area contributed by atoms with Crippen LogP contribution in [0.4, 0.5) is 0 Å². The van der Waals surface area contributed by atoms with Gasteiger partial charge in [-0.1, -0.05) is 6.92 Å². The molecule has 2 heterocycles. The molecule has 1 unspecified atom stereocenters. The van der Waals surface area contributed by atoms with Crippen molar-refractivity contribution in [1.29, 1.82) is 0 Å². The van der Waals surface area contributed by atoms with Gasteiger partial charge in [0.15, 0.2) is 5.22 Å². The summed E-state index contributed by atoms with van der Waals surface area (Å²) in [6.45, 7) is 2.15. The minimum atomic E-state index is -0.0362. The first-order valence-corrected chi connectivity index (χ1v) is 6.71. The van der Waals surface area contributed by atoms with Crippen LogP contribution in [0.5, 0.6) is 0 Å². The molecule has 0 aliphatic rings. The Balaban J connectivity index is 2.09. The summed E-state index contributed by atoms with van der Waals surface area (Å²) in [4.78, 5) is 2.67. The third kappa shape index (κ3) is 3.10. The largest absolute Gasteiger partial charge is 0.448 e. The molecule has 3 N–H and O–H groups in total. The standard InChI is InChI=1S/C12H15ClN2OS/c1-2-8-3-4-9(17-8)7-10(15-14)11-5-6-12(13)16-11/h3-6,10,15H,2,7,14H2,1H3. The van der Waals surface area contributed by atoms with Crippen molar-refractivity contribution < 1.29 is 4.42 Å². The van der Waals surface area contributed by atoms with E-state index in [1.807, 2.05) is 17.4 Å². The van der Waals surface area contributed by atoms with E-state index >= 15 is 0 Å². The zero-order valence-electron chi connectivity index (χ0n) is 9.57. The van der Waals surface area contributed by atoms with Gasteiger partial charge >= 0.3 is 0 Å². The highest BCUT2D eigenvalue weighted by Gasteiger charge is 2.15. The number of nitrogens with two attached hydrogens (primary N) is 1. The van der Waals surface area contributed by atoms with E-state index in [-0.39, 0.29) is 6.04 Å². The Morgan fingerprint density at radius 2 is 2.12 bits per heavy atom. The zero-order chi connectivity index (χ0) is 12.3. The first kappa shape index (κ1) is 12.6. The smallest absolute Gasteiger partial charge is 0.193 e. The molecule has 5 heteroatoms. The fourth-order valence-electron chi connectivity index (χ4n) is 1.68. The minimum absolute atomic E-state index is 0.0362. The van der Waals surface area contributed by atoms with E-state index in [2.05, 4.69) is 24.5 Å². The van der Waals surface area contributed by atoms with Gasteiger partial charge in [-0.25, -0.2) is 5.43 Å². The fraction of sp³-hybridized carbons (Fsp3) is 0.333. The third-order valence-electron chi connectivity index (χ3n) is 2.61. The highest BCUT2D eigenvalue weighted by atomic mass is 35.5. The first-order valence-electron chi connectivity index (χ1n) is 5.52. The maximum Gasteiger partial charge on any atom is 0.193 e. The van der Waals surface area contributed by atoms with Gasteiger partial charge in [0.05, 0.1) is 6.04 Å². The normalized spacial score (nSPS) is 12.9. The van der Waals surface area contributed by atoms with Crippen molar-refractivity contribution in [2.45, 2.75) is 25.8 Å². The Kier molecular flexibility index (Phi) is 4.23. The molecule has 0 fully saturated rings. The van der Waals surface area contributed by atoms with Crippen molar-refractivity contribution in [1.82, 2.24) is 5.43 Å². The van der Waals surface area contributed by atoms with Gasteiger partial charge in [-0.3, -0.25) is 5.84 Å². The highest BCUT2D eigenvalue weighted by Crippen LogP contribution is 2.26. The number of hydrogen-bond donors (Lipinski definition) is 2. The summed E-state index contributed by atoms with van der Waals surface area (Å²) < 4.78 is 5.37. The second kappa shape index (κ2) is 5.69. The van der Waals surface area contributed by atoms with Gasteiger partial charge in [0, 0.05) is 16.2 Å². The molecule has 2 aromatic rings. The Morgan fingerprint density at radius 1 is 1.35 bits per heavy atom. The number of halogens is 1. The molecule has 0 spiro atoms. The van der Waals surface area contributed by atoms with Crippen LogP contribution in [-0.2, 0) is 12.8 Å². The molecule has 0 aromatic carbocycles. The lowest BCUT2D eigenvalue weighted by Gasteiger charge is -2.11. The average Bonchev–Trinajstić information content (AvgIpc) is 2.94. The Labute approximate surface area is 110 Å². The second-order valence-corrected chi connectivity index (χ2v) is 5.41. The highest BCUT2D eigenvalue weighted by molar-refractivity contribution is 7.11. The maximum atomic E-state index is 5.76. The van der Waals surface area contributed by atoms with E-state index in [0.717, 1.165) is 18.6 Å². The molecule has 0 bridgehead atoms. The van der Waals surface area contributed by atoms with Gasteiger partial charge in [0.2, 0.25) is 0 Å². The molecular weight excluding hydrogens is 256 g/mol. The third-order valence-corrected chi connectivity index (χ3v) is 4.06. The molecule has 1 atom stereocenters. The lowest BCUT2D eigenvalue weighted by molar-refractivity contribution is 0.418. The van der Waals surface area contributed by atoms with E-state index in [9.17, 15) is 0 Å². The topological polar surface area (TPSA) is 51.2 Å². The molecule has 92 valence electrons. The molecular formula is C12H15ClN2OS. The van der Waals surface area contributed by atoms with Gasteiger partial charge in [-0.15, -0.1) is 11.3 Å². The molecule has 0 amide bonds. The van der Waals surface area contributed by atoms with Gasteiger partial charge in [-0.2, -0.15) is 0 Å². The predicted octanol–water partition coefficient (Wildman–Crippen LogP) is 3.30. The van der Waals surface area contributed by atoms with E-state index in [4.69, 9.17) is 21.9 Å². The van der Waals surface area contributed by atoms with Crippen molar-refractivity contribution in [2.75, 3.05) is 0 Å². The quantitative estimate of drug-likeness (QED) is 0.647. The Bertz CT molecular complexity index is 480. The maximum absolute atomic E-state index is 5.76. The first-order chi connectivity index (χ1) is 8.22. The monoisotopic (exact) mass is 270 g/mol. The Morgan fingerprint density at radius 3 is 2.65 bits per heavy atom. The van der Waals surface area contributed by atoms with Crippen molar-refractivity contribution in [3.8, 4) is 0 Å². The van der Waals surface area contributed by atoms with Crippen molar-refractivity contribution in [2.24, 2.45) is 5.84 Å². The number of rotatable bonds is 5. The fourth-order valence-corrected chi connectivity index (χ4v) is 2.84. The molecule has 0 saturated carbocycles. The molecule has 3 nitrogen and oxygen atoms in total. The number of hydrazine groups is 1. The van der Waals surface area contributed by atoms with E-state index in [0.29, 0.717) is 5.22 Å². The lowest BCUT2D eigenvalue weighted by atomic mass is 10.1. The summed E-state index contributed by atoms with van der Waals surface area (Å²) in [5, 5.41) is 0.390. The van der Waals surface area contributed by atoms with Gasteiger partial charge in [-0.05, 0) is 42.3 Å². The summed E-state index contributed by atoms with van der Waals surface area (Å²) in [5.74, 6) is 6.32. The van der Waals surface area contributed by atoms with E-state index in [1.54, 1.807) is 6.07 Å². The van der Waals surface area contributed by atoms with Gasteiger partial charge in [0.1, 0.15) is 5.76 Å². The van der Waals surface area contributed by atoms with Crippen LogP contribution in [0.3, 0.4) is 0 Å². The number of nitrogens with one attached hydrogen (secondary N) is 1. The lowest BCUT2D eigenvalue weighted by Crippen LogP contribution is -2.29. The summed E-state index contributed by atoms with van der Waals surface area (Å²) in [7, 11) is 0. The van der Waals surface area contributed by atoms with Crippen molar-refractivity contribution >= 4 is 22.9 Å². The van der Waals surface area contributed by atoms with E-state index < -0.39 is 0 Å². The van der Waals surface area contributed by atoms with Crippen LogP contribution in [-0.4, -0.2) is 0 Å². The minimum Gasteiger partial charge on any atom is -0.448 e. The molecule has 2 aromatic heterocycles. The molecule has 0 aliphatic heterocycles. The van der Waals surface area contributed by atoms with E-state index in [1.165, 1.54) is 9.75 Å². The summed E-state index contributed by atoms with van der Waals surface area (Å²) in [6, 6.07) is 7.83. The van der Waals surface area contributed by atoms with Crippen LogP contribution in [0.25, 0.3) is 0 Å². The van der Waals surface area contributed by atoms with Crippen LogP contribution in [0.2, 0.25) is 5.22 Å². The number of aryl methyl sites for hydroxylation is 1. The van der Waals surface area contributed by atoms with Crippen LogP contribution in [0.15, 0.2) is 28.7 Å². The van der Waals surface area contributed by atoms with Crippen LogP contribution in [0.1, 0.15) is 28.5 Å². The number of thiophene rings is 1. The van der Waals surface area contributed by atoms with Crippen LogP contribution in [0, 0.1) is 0 Å². The zero-order valence-corrected chi connectivity index (χ0v) is 11.1. The molecule has 2 rings (SSSR count). The second-order valence-electron chi connectivity index (χ2n) is 3.79. The Hall–Kier alpha value is -0.810. The summed E-state index contributed by atoms with van der Waals surface area (Å²) in [6.07, 6.45) is 1.88. The average molecular weight is 271 g/mol. The van der Waals surface area contributed by atoms with Crippen molar-refractivity contribution in [3.05, 3.63) is 45.0 Å². The number of hydrogen-bond acceptors (Lipinski definition) is 4. The SMILES string of the molecule is CCc1ccc(CC(NN)c2ccc(Cl)o2)s1. The number of furan rings is 1. The van der Waals surface area contributed by atoms with Crippen molar-refractivity contribution in [3.63, 3.8) is 0 Å². The molecule has 17 heavy (non-hydrogen) atoms. The summed E-state index contributed by atoms with van der Waals surface area (Å²) in [5.41, 5.74) is 2.76. The molecule has 0 radical (unpaired) electrons. The van der Waals surface area contributed by atoms with Crippen LogP contribution >= 0.6 is 22.9 Å². The predicted molar refractivity (Wildman–Crippen MR) is 71.2 cm³/mol. The van der Waals surface area contributed by atoms with Gasteiger partial charge < -0.3 is 4.42 Å². The van der Waals surface area contributed by atoms with Crippen LogP contribution < -0.4 is 11.3 Å². The molecule has 0 saturated heterocycles.